The summed E-state index contributed by atoms with van der Waals surface area (Å²) in [7, 11) is 1.50. The van der Waals surface area contributed by atoms with Gasteiger partial charge in [0.1, 0.15) is 5.75 Å². The van der Waals surface area contributed by atoms with Crippen LogP contribution in [0.3, 0.4) is 0 Å². The van der Waals surface area contributed by atoms with Crippen molar-refractivity contribution in [2.75, 3.05) is 59.7 Å². The third-order valence-corrected chi connectivity index (χ3v) is 6.69. The second-order valence-corrected chi connectivity index (χ2v) is 8.66. The van der Waals surface area contributed by atoms with E-state index in [1.54, 1.807) is 12.1 Å². The highest BCUT2D eigenvalue weighted by Gasteiger charge is 2.24. The minimum absolute atomic E-state index is 0.277. The van der Waals surface area contributed by atoms with E-state index in [4.69, 9.17) is 14.2 Å². The molecule has 2 aromatic carbocycles. The van der Waals surface area contributed by atoms with Crippen molar-refractivity contribution in [1.29, 1.82) is 0 Å². The van der Waals surface area contributed by atoms with Crippen molar-refractivity contribution in [1.82, 2.24) is 9.80 Å². The van der Waals surface area contributed by atoms with Crippen LogP contribution < -0.4 is 19.9 Å². The Morgan fingerprint density at radius 1 is 1.03 bits per heavy atom. The predicted octanol–water partition coefficient (Wildman–Crippen LogP) is 2.35. The molecule has 32 heavy (non-hydrogen) atoms. The van der Waals surface area contributed by atoms with E-state index in [1.165, 1.54) is 23.2 Å². The molecule has 2 aromatic rings. The minimum Gasteiger partial charge on any atom is -0.494 e. The van der Waals surface area contributed by atoms with Crippen LogP contribution in [0.4, 0.5) is 4.39 Å². The average molecular weight is 439 g/mol. The highest BCUT2D eigenvalue weighted by Crippen LogP contribution is 2.28. The number of ether oxygens (including phenoxy) is 3. The van der Waals surface area contributed by atoms with Gasteiger partial charge in [0.05, 0.1) is 26.9 Å². The van der Waals surface area contributed by atoms with Gasteiger partial charge in [0.25, 0.3) is 0 Å². The summed E-state index contributed by atoms with van der Waals surface area (Å²) in [4.78, 5) is 4.86. The summed E-state index contributed by atoms with van der Waals surface area (Å²) in [5.74, 6) is 0.863. The first-order valence-corrected chi connectivity index (χ1v) is 11.6. The van der Waals surface area contributed by atoms with Crippen LogP contribution in [0.15, 0.2) is 36.4 Å². The Labute approximate surface area is 188 Å². The maximum Gasteiger partial charge on any atom is 0.165 e. The molecule has 0 atom stereocenters. The zero-order valence-corrected chi connectivity index (χ0v) is 18.7. The van der Waals surface area contributed by atoms with Gasteiger partial charge in [-0.15, -0.1) is 0 Å². The van der Waals surface area contributed by atoms with Crippen LogP contribution in [0.25, 0.3) is 11.3 Å². The number of hydrogen-bond acceptors (Lipinski definition) is 5. The van der Waals surface area contributed by atoms with Gasteiger partial charge in [-0.2, -0.15) is 0 Å². The molecule has 170 valence electrons. The minimum atomic E-state index is -0.324. The summed E-state index contributed by atoms with van der Waals surface area (Å²) < 4.78 is 31.1. The van der Waals surface area contributed by atoms with Crippen LogP contribution in [0.2, 0.25) is 0 Å². The molecule has 5 rings (SSSR count). The molecule has 0 aliphatic carbocycles. The number of benzene rings is 2. The molecule has 2 saturated heterocycles. The van der Waals surface area contributed by atoms with Crippen molar-refractivity contribution in [2.24, 2.45) is 0 Å². The Balaban J connectivity index is 1.40. The summed E-state index contributed by atoms with van der Waals surface area (Å²) in [6.45, 7) is 7.29. The zero-order valence-electron chi connectivity index (χ0n) is 18.7. The lowest BCUT2D eigenvalue weighted by molar-refractivity contribution is 0.0358. The van der Waals surface area contributed by atoms with Crippen LogP contribution >= 0.6 is 0 Å². The predicted molar refractivity (Wildman–Crippen MR) is 123 cm³/mol. The van der Waals surface area contributed by atoms with Gasteiger partial charge in [0.2, 0.25) is 0 Å². The van der Waals surface area contributed by atoms with E-state index in [2.05, 4.69) is 28.0 Å². The van der Waals surface area contributed by atoms with Gasteiger partial charge in [-0.05, 0) is 59.9 Å². The van der Waals surface area contributed by atoms with Crippen LogP contribution in [0.5, 0.6) is 11.5 Å². The van der Waals surface area contributed by atoms with Crippen LogP contribution in [0.1, 0.15) is 24.8 Å². The molecule has 0 spiro atoms. The van der Waals surface area contributed by atoms with Gasteiger partial charge in [-0.25, -0.2) is 4.39 Å². The number of rotatable bonds is 7. The Morgan fingerprint density at radius 3 is 2.72 bits per heavy atom. The van der Waals surface area contributed by atoms with Gasteiger partial charge in [-0.1, -0.05) is 12.1 Å². The number of nitrogens with zero attached hydrogens (tertiary/aromatic N) is 2. The molecule has 6 heteroatoms. The first-order chi connectivity index (χ1) is 15.7. The largest absolute Gasteiger partial charge is 0.494 e. The molecule has 0 bridgehead atoms. The van der Waals surface area contributed by atoms with E-state index in [0.29, 0.717) is 6.61 Å². The number of morpholine rings is 1. The Kier molecular flexibility index (Phi) is 6.32. The van der Waals surface area contributed by atoms with Crippen LogP contribution in [-0.4, -0.2) is 69.5 Å². The first kappa shape index (κ1) is 21.3. The lowest BCUT2D eigenvalue weighted by atomic mass is 9.97. The fourth-order valence-electron chi connectivity index (χ4n) is 5.00. The number of methoxy groups -OCH3 is 1. The Bertz CT molecular complexity index is 1090. The molecule has 5 nitrogen and oxygen atoms in total. The first-order valence-electron chi connectivity index (χ1n) is 11.6. The molecule has 3 aliphatic rings. The summed E-state index contributed by atoms with van der Waals surface area (Å²) in [5, 5.41) is 2.41. The van der Waals surface area contributed by atoms with E-state index < -0.39 is 0 Å². The summed E-state index contributed by atoms with van der Waals surface area (Å²) in [6.07, 6.45) is 3.24. The summed E-state index contributed by atoms with van der Waals surface area (Å²) in [5.41, 5.74) is 3.46. The molecule has 3 heterocycles. The molecule has 0 radical (unpaired) electrons. The fraction of sp³-hybridized carbons (Fsp3) is 0.462. The third-order valence-electron chi connectivity index (χ3n) is 6.69. The quantitative estimate of drug-likeness (QED) is 0.620. The van der Waals surface area contributed by atoms with E-state index >= 15 is 0 Å². The summed E-state index contributed by atoms with van der Waals surface area (Å²) >= 11 is 0. The van der Waals surface area contributed by atoms with Gasteiger partial charge >= 0.3 is 0 Å². The lowest BCUT2D eigenvalue weighted by Gasteiger charge is -2.27. The van der Waals surface area contributed by atoms with Gasteiger partial charge in [0.15, 0.2) is 11.6 Å². The topological polar surface area (TPSA) is 34.2 Å². The maximum atomic E-state index is 14.4. The molecule has 2 fully saturated rings. The Morgan fingerprint density at radius 2 is 1.91 bits per heavy atom. The van der Waals surface area contributed by atoms with Gasteiger partial charge in [-0.3, -0.25) is 4.90 Å². The fourth-order valence-corrected chi connectivity index (χ4v) is 5.00. The van der Waals surface area contributed by atoms with E-state index in [-0.39, 0.29) is 11.6 Å². The maximum absolute atomic E-state index is 14.4. The molecule has 0 unspecified atom stereocenters. The second-order valence-electron chi connectivity index (χ2n) is 8.66. The molecular weight excluding hydrogens is 407 g/mol. The SMILES string of the molecule is COc1ccc(C2=c3ccc(OCCCN4CCOCC4)cc3=C3CCCN3C2)cc1F. The van der Waals surface area contributed by atoms with Crippen molar-refractivity contribution in [3.8, 4) is 11.5 Å². The van der Waals surface area contributed by atoms with Gasteiger partial charge in [0, 0.05) is 43.6 Å². The van der Waals surface area contributed by atoms with Crippen molar-refractivity contribution in [2.45, 2.75) is 19.3 Å². The molecular formula is C26H31FN2O3. The molecule has 0 aromatic heterocycles. The monoisotopic (exact) mass is 438 g/mol. The number of hydrogen-bond donors (Lipinski definition) is 0. The van der Waals surface area contributed by atoms with Crippen molar-refractivity contribution < 1.29 is 18.6 Å². The number of fused-ring (bicyclic) bond motifs is 2. The second kappa shape index (κ2) is 9.51. The lowest BCUT2D eigenvalue weighted by Crippen LogP contribution is -2.41. The molecule has 0 saturated carbocycles. The summed E-state index contributed by atoms with van der Waals surface area (Å²) in [6, 6.07) is 11.6. The smallest absolute Gasteiger partial charge is 0.165 e. The van der Waals surface area contributed by atoms with Crippen LogP contribution in [-0.2, 0) is 4.74 Å². The highest BCUT2D eigenvalue weighted by molar-refractivity contribution is 5.72. The number of halogens is 1. The van der Waals surface area contributed by atoms with E-state index in [9.17, 15) is 4.39 Å². The normalized spacial score (nSPS) is 18.5. The molecule has 0 N–H and O–H groups in total. The van der Waals surface area contributed by atoms with Crippen molar-refractivity contribution in [3.05, 3.63) is 58.2 Å². The standard InChI is InChI=1S/C26H31FN2O3/c1-30-26-8-5-19(16-24(26)27)23-18-29-10-2-4-25(29)22-17-20(6-7-21(22)23)32-13-3-9-28-11-14-31-15-12-28/h5-8,16-17H,2-4,9-15,18H2,1H3. The molecule has 3 aliphatic heterocycles. The van der Waals surface area contributed by atoms with Crippen LogP contribution in [0, 0.1) is 5.82 Å². The average Bonchev–Trinajstić information content (AvgIpc) is 3.31. The molecule has 0 amide bonds. The Hall–Kier alpha value is -2.57. The van der Waals surface area contributed by atoms with E-state index in [1.807, 2.05) is 6.07 Å². The van der Waals surface area contributed by atoms with Crippen molar-refractivity contribution >= 4 is 11.3 Å². The van der Waals surface area contributed by atoms with Gasteiger partial charge < -0.3 is 19.1 Å². The highest BCUT2D eigenvalue weighted by atomic mass is 19.1. The zero-order chi connectivity index (χ0) is 21.9. The van der Waals surface area contributed by atoms with E-state index in [0.717, 1.165) is 82.1 Å². The third kappa shape index (κ3) is 4.34. The van der Waals surface area contributed by atoms with Crippen molar-refractivity contribution in [3.63, 3.8) is 0 Å².